The molecule has 0 N–H and O–H groups in total. The Balaban J connectivity index is 2.02. The molecular weight excluding hydrogens is 296 g/mol. The van der Waals surface area contributed by atoms with Gasteiger partial charge in [0.1, 0.15) is 6.17 Å². The van der Waals surface area contributed by atoms with Gasteiger partial charge < -0.3 is 5.01 Å². The van der Waals surface area contributed by atoms with Crippen molar-refractivity contribution in [1.29, 1.82) is 0 Å². The van der Waals surface area contributed by atoms with Crippen LogP contribution in [0.2, 0.25) is 0 Å². The van der Waals surface area contributed by atoms with Crippen LogP contribution < -0.4 is 0 Å². The standard InChI is InChI=1S/C20H26N4/c1-22(2)21-15-18-23(3)19(16-11-7-5-8-12-16)20(24(18)4)17-13-9-6-10-14-17/h5-15,18-20H,1-4H3/b21-15+/t19-,20-/m0/s1. The minimum Gasteiger partial charge on any atom is -0.303 e. The van der Waals surface area contributed by atoms with Gasteiger partial charge >= 0.3 is 0 Å². The lowest BCUT2D eigenvalue weighted by atomic mass is 9.93. The Morgan fingerprint density at radius 1 is 0.792 bits per heavy atom. The fraction of sp³-hybridized carbons (Fsp3) is 0.350. The summed E-state index contributed by atoms with van der Waals surface area (Å²) < 4.78 is 0. The molecule has 0 unspecified atom stereocenters. The highest BCUT2D eigenvalue weighted by atomic mass is 15.5. The summed E-state index contributed by atoms with van der Waals surface area (Å²) >= 11 is 0. The molecule has 1 saturated heterocycles. The minimum absolute atomic E-state index is 0.155. The first-order chi connectivity index (χ1) is 11.6. The van der Waals surface area contributed by atoms with Crippen LogP contribution in [0.3, 0.4) is 0 Å². The van der Waals surface area contributed by atoms with Crippen molar-refractivity contribution in [3.05, 3.63) is 71.8 Å². The highest BCUT2D eigenvalue weighted by Crippen LogP contribution is 2.44. The number of likely N-dealkylation sites (N-methyl/N-ethyl adjacent to an activating group) is 2. The second kappa shape index (κ2) is 7.16. The summed E-state index contributed by atoms with van der Waals surface area (Å²) in [6.07, 6.45) is 2.18. The van der Waals surface area contributed by atoms with E-state index in [4.69, 9.17) is 0 Å². The first-order valence-corrected chi connectivity index (χ1v) is 8.35. The van der Waals surface area contributed by atoms with E-state index in [1.165, 1.54) is 11.1 Å². The van der Waals surface area contributed by atoms with Crippen LogP contribution in [0, 0.1) is 0 Å². The van der Waals surface area contributed by atoms with Crippen molar-refractivity contribution < 1.29 is 0 Å². The van der Waals surface area contributed by atoms with Crippen molar-refractivity contribution in [3.63, 3.8) is 0 Å². The van der Waals surface area contributed by atoms with E-state index in [2.05, 4.69) is 89.7 Å². The number of hydrogen-bond acceptors (Lipinski definition) is 4. The van der Waals surface area contributed by atoms with Crippen LogP contribution in [0.4, 0.5) is 0 Å². The Hall–Kier alpha value is -2.17. The number of hydrazone groups is 1. The molecule has 0 saturated carbocycles. The molecule has 0 amide bonds. The third-order valence-corrected chi connectivity index (χ3v) is 4.72. The average Bonchev–Trinajstić information content (AvgIpc) is 2.85. The minimum atomic E-state index is 0.155. The van der Waals surface area contributed by atoms with E-state index in [9.17, 15) is 0 Å². The van der Waals surface area contributed by atoms with Gasteiger partial charge in [-0.1, -0.05) is 60.7 Å². The summed E-state index contributed by atoms with van der Waals surface area (Å²) in [5.74, 6) is 0. The lowest BCUT2D eigenvalue weighted by molar-refractivity contribution is 0.229. The predicted octanol–water partition coefficient (Wildman–Crippen LogP) is 3.22. The lowest BCUT2D eigenvalue weighted by Crippen LogP contribution is -2.37. The molecule has 1 fully saturated rings. The van der Waals surface area contributed by atoms with Crippen LogP contribution in [0.1, 0.15) is 23.2 Å². The van der Waals surface area contributed by atoms with Gasteiger partial charge in [0.2, 0.25) is 0 Å². The van der Waals surface area contributed by atoms with E-state index in [1.807, 2.05) is 25.3 Å². The molecule has 4 nitrogen and oxygen atoms in total. The zero-order valence-electron chi connectivity index (χ0n) is 14.9. The predicted molar refractivity (Wildman–Crippen MR) is 99.9 cm³/mol. The van der Waals surface area contributed by atoms with Crippen molar-refractivity contribution in [2.75, 3.05) is 28.2 Å². The molecule has 2 aromatic carbocycles. The average molecular weight is 322 g/mol. The van der Waals surface area contributed by atoms with E-state index in [-0.39, 0.29) is 18.2 Å². The maximum Gasteiger partial charge on any atom is 0.101 e. The molecule has 1 heterocycles. The maximum absolute atomic E-state index is 4.49. The smallest absolute Gasteiger partial charge is 0.101 e. The van der Waals surface area contributed by atoms with Gasteiger partial charge in [-0.05, 0) is 25.2 Å². The summed E-state index contributed by atoms with van der Waals surface area (Å²) in [5.41, 5.74) is 2.67. The van der Waals surface area contributed by atoms with Crippen molar-refractivity contribution in [2.45, 2.75) is 18.2 Å². The Kier molecular flexibility index (Phi) is 4.97. The molecule has 1 aliphatic rings. The van der Waals surface area contributed by atoms with Crippen molar-refractivity contribution in [2.24, 2.45) is 5.10 Å². The number of benzene rings is 2. The Morgan fingerprint density at radius 2 is 1.21 bits per heavy atom. The van der Waals surface area contributed by atoms with Crippen LogP contribution in [0.15, 0.2) is 65.8 Å². The maximum atomic E-state index is 4.49. The second-order valence-corrected chi connectivity index (χ2v) is 6.57. The zero-order valence-corrected chi connectivity index (χ0v) is 14.9. The highest BCUT2D eigenvalue weighted by Gasteiger charge is 2.44. The van der Waals surface area contributed by atoms with Crippen LogP contribution in [0.25, 0.3) is 0 Å². The molecule has 0 aliphatic carbocycles. The van der Waals surface area contributed by atoms with Gasteiger partial charge in [-0.25, -0.2) is 0 Å². The van der Waals surface area contributed by atoms with Gasteiger partial charge in [0.25, 0.3) is 0 Å². The third kappa shape index (κ3) is 3.21. The molecule has 1 aliphatic heterocycles. The van der Waals surface area contributed by atoms with Gasteiger partial charge in [0.05, 0.1) is 18.3 Å². The number of rotatable bonds is 4. The third-order valence-electron chi connectivity index (χ3n) is 4.72. The topological polar surface area (TPSA) is 22.1 Å². The van der Waals surface area contributed by atoms with Crippen molar-refractivity contribution >= 4 is 6.21 Å². The lowest BCUT2D eigenvalue weighted by Gasteiger charge is -2.26. The Morgan fingerprint density at radius 3 is 1.58 bits per heavy atom. The molecule has 24 heavy (non-hydrogen) atoms. The summed E-state index contributed by atoms with van der Waals surface area (Å²) in [4.78, 5) is 4.81. The number of hydrogen-bond donors (Lipinski definition) is 0. The normalized spacial score (nSPS) is 23.2. The first kappa shape index (κ1) is 16.7. The molecule has 0 bridgehead atoms. The highest BCUT2D eigenvalue weighted by molar-refractivity contribution is 5.64. The van der Waals surface area contributed by atoms with E-state index in [0.29, 0.717) is 0 Å². The van der Waals surface area contributed by atoms with Crippen LogP contribution >= 0.6 is 0 Å². The quantitative estimate of drug-likeness (QED) is 0.637. The van der Waals surface area contributed by atoms with Crippen molar-refractivity contribution in [1.82, 2.24) is 14.8 Å². The Labute approximate surface area is 145 Å². The Bertz CT molecular complexity index is 617. The van der Waals surface area contributed by atoms with Gasteiger partial charge in [-0.15, -0.1) is 0 Å². The second-order valence-electron chi connectivity index (χ2n) is 6.57. The number of nitrogens with zero attached hydrogens (tertiary/aromatic N) is 4. The van der Waals surface area contributed by atoms with Gasteiger partial charge in [0.15, 0.2) is 0 Å². The van der Waals surface area contributed by atoms with Crippen molar-refractivity contribution in [3.8, 4) is 0 Å². The molecule has 4 heteroatoms. The summed E-state index contributed by atoms with van der Waals surface area (Å²) in [6.45, 7) is 0. The summed E-state index contributed by atoms with van der Waals surface area (Å²) in [5, 5.41) is 6.33. The molecule has 0 aromatic heterocycles. The molecule has 2 atom stereocenters. The van der Waals surface area contributed by atoms with Crippen LogP contribution in [0.5, 0.6) is 0 Å². The molecule has 3 rings (SSSR count). The fourth-order valence-corrected chi connectivity index (χ4v) is 3.60. The molecule has 126 valence electrons. The first-order valence-electron chi connectivity index (χ1n) is 8.35. The van der Waals surface area contributed by atoms with E-state index < -0.39 is 0 Å². The SMILES string of the molecule is CN(C)/N=C/C1N(C)[C@@H](c2ccccc2)[C@H](c2ccccc2)N1C. The molecule has 2 aromatic rings. The van der Waals surface area contributed by atoms with E-state index >= 15 is 0 Å². The molecule has 0 radical (unpaired) electrons. The zero-order chi connectivity index (χ0) is 17.1. The summed E-state index contributed by atoms with van der Waals surface area (Å²) in [7, 11) is 8.27. The van der Waals surface area contributed by atoms with Gasteiger partial charge in [0, 0.05) is 14.1 Å². The van der Waals surface area contributed by atoms with E-state index in [1.54, 1.807) is 0 Å². The molecule has 0 spiro atoms. The largest absolute Gasteiger partial charge is 0.303 e. The van der Waals surface area contributed by atoms with Gasteiger partial charge in [-0.2, -0.15) is 5.10 Å². The molecular formula is C20H26N4. The van der Waals surface area contributed by atoms with E-state index in [0.717, 1.165) is 0 Å². The fourth-order valence-electron chi connectivity index (χ4n) is 3.60. The van der Waals surface area contributed by atoms with Crippen LogP contribution in [-0.4, -0.2) is 55.4 Å². The van der Waals surface area contributed by atoms with Gasteiger partial charge in [-0.3, -0.25) is 9.80 Å². The van der Waals surface area contributed by atoms with Crippen LogP contribution in [-0.2, 0) is 0 Å². The monoisotopic (exact) mass is 322 g/mol. The summed E-state index contributed by atoms with van der Waals surface area (Å²) in [6, 6.07) is 22.1.